The zero-order valence-corrected chi connectivity index (χ0v) is 7.10. The van der Waals surface area contributed by atoms with Crippen LogP contribution in [0.5, 0.6) is 0 Å². The Morgan fingerprint density at radius 1 is 1.36 bits per heavy atom. The SMILES string of the molecule is N[C@H]1CCSc2ccccc21. The summed E-state index contributed by atoms with van der Waals surface area (Å²) in [6, 6.07) is 8.69. The molecule has 58 valence electrons. The van der Waals surface area contributed by atoms with Crippen molar-refractivity contribution < 1.29 is 0 Å². The van der Waals surface area contributed by atoms with Gasteiger partial charge in [-0.15, -0.1) is 11.8 Å². The average molecular weight is 165 g/mol. The fourth-order valence-electron chi connectivity index (χ4n) is 1.37. The van der Waals surface area contributed by atoms with Gasteiger partial charge in [0.25, 0.3) is 0 Å². The first-order chi connectivity index (χ1) is 5.38. The molecule has 2 N–H and O–H groups in total. The van der Waals surface area contributed by atoms with Crippen LogP contribution < -0.4 is 5.73 Å². The summed E-state index contributed by atoms with van der Waals surface area (Å²) in [5.74, 6) is 1.16. The van der Waals surface area contributed by atoms with Gasteiger partial charge in [-0.1, -0.05) is 18.2 Å². The first-order valence-corrected chi connectivity index (χ1v) is 4.84. The van der Waals surface area contributed by atoms with Crippen LogP contribution in [0, 0.1) is 0 Å². The van der Waals surface area contributed by atoms with Gasteiger partial charge in [-0.05, 0) is 23.8 Å². The molecule has 1 aromatic carbocycles. The Bertz CT molecular complexity index is 259. The monoisotopic (exact) mass is 165 g/mol. The van der Waals surface area contributed by atoms with Crippen molar-refractivity contribution in [3.05, 3.63) is 29.8 Å². The van der Waals surface area contributed by atoms with Crippen LogP contribution in [0.15, 0.2) is 29.2 Å². The molecule has 0 aromatic heterocycles. The Morgan fingerprint density at radius 3 is 3.00 bits per heavy atom. The largest absolute Gasteiger partial charge is 0.324 e. The van der Waals surface area contributed by atoms with E-state index in [9.17, 15) is 0 Å². The molecule has 1 atom stereocenters. The number of rotatable bonds is 0. The van der Waals surface area contributed by atoms with Gasteiger partial charge in [0.05, 0.1) is 0 Å². The maximum Gasteiger partial charge on any atom is 0.0314 e. The standard InChI is InChI=1S/C9H11NS/c10-8-5-6-11-9-4-2-1-3-7(8)9/h1-4,8H,5-6,10H2/t8-/m0/s1. The Kier molecular flexibility index (Phi) is 1.88. The van der Waals surface area contributed by atoms with Crippen molar-refractivity contribution in [2.75, 3.05) is 5.75 Å². The van der Waals surface area contributed by atoms with E-state index in [0.717, 1.165) is 12.2 Å². The first-order valence-electron chi connectivity index (χ1n) is 3.85. The van der Waals surface area contributed by atoms with Crippen molar-refractivity contribution in [2.24, 2.45) is 5.73 Å². The van der Waals surface area contributed by atoms with E-state index < -0.39 is 0 Å². The van der Waals surface area contributed by atoms with Gasteiger partial charge in [0.1, 0.15) is 0 Å². The number of fused-ring (bicyclic) bond motifs is 1. The van der Waals surface area contributed by atoms with E-state index in [-0.39, 0.29) is 6.04 Å². The third-order valence-corrected chi connectivity index (χ3v) is 3.13. The molecule has 1 aromatic rings. The van der Waals surface area contributed by atoms with Gasteiger partial charge >= 0.3 is 0 Å². The molecular formula is C9H11NS. The van der Waals surface area contributed by atoms with Crippen molar-refractivity contribution in [3.63, 3.8) is 0 Å². The van der Waals surface area contributed by atoms with Crippen molar-refractivity contribution in [2.45, 2.75) is 17.4 Å². The van der Waals surface area contributed by atoms with E-state index in [1.54, 1.807) is 0 Å². The Balaban J connectivity index is 2.44. The molecule has 0 spiro atoms. The summed E-state index contributed by atoms with van der Waals surface area (Å²) in [4.78, 5) is 1.37. The highest BCUT2D eigenvalue weighted by Crippen LogP contribution is 2.34. The normalized spacial score (nSPS) is 22.8. The minimum absolute atomic E-state index is 0.271. The van der Waals surface area contributed by atoms with E-state index in [1.807, 2.05) is 11.8 Å². The molecule has 0 unspecified atom stereocenters. The second-order valence-corrected chi connectivity index (χ2v) is 3.92. The molecule has 0 saturated carbocycles. The molecule has 2 heteroatoms. The molecule has 1 heterocycles. The quantitative estimate of drug-likeness (QED) is 0.637. The number of thioether (sulfide) groups is 1. The number of hydrogen-bond donors (Lipinski definition) is 1. The summed E-state index contributed by atoms with van der Waals surface area (Å²) >= 11 is 1.91. The van der Waals surface area contributed by atoms with Gasteiger partial charge in [-0.3, -0.25) is 0 Å². The lowest BCUT2D eigenvalue weighted by molar-refractivity contribution is 0.680. The van der Waals surface area contributed by atoms with Crippen LogP contribution in [0.3, 0.4) is 0 Å². The van der Waals surface area contributed by atoms with Crippen LogP contribution in [0.1, 0.15) is 18.0 Å². The van der Waals surface area contributed by atoms with Crippen LogP contribution in [0.2, 0.25) is 0 Å². The van der Waals surface area contributed by atoms with Crippen molar-refractivity contribution in [1.29, 1.82) is 0 Å². The van der Waals surface area contributed by atoms with Gasteiger partial charge in [0.15, 0.2) is 0 Å². The Morgan fingerprint density at radius 2 is 2.18 bits per heavy atom. The molecule has 1 aliphatic heterocycles. The first kappa shape index (κ1) is 7.19. The van der Waals surface area contributed by atoms with Crippen LogP contribution >= 0.6 is 11.8 Å². The van der Waals surface area contributed by atoms with Crippen molar-refractivity contribution in [3.8, 4) is 0 Å². The topological polar surface area (TPSA) is 26.0 Å². The Labute approximate surface area is 71.0 Å². The second kappa shape index (κ2) is 2.88. The van der Waals surface area contributed by atoms with Crippen LogP contribution in [0.4, 0.5) is 0 Å². The fourth-order valence-corrected chi connectivity index (χ4v) is 2.52. The summed E-state index contributed by atoms with van der Waals surface area (Å²) in [6.45, 7) is 0. The van der Waals surface area contributed by atoms with E-state index in [1.165, 1.54) is 10.5 Å². The van der Waals surface area contributed by atoms with E-state index in [0.29, 0.717) is 0 Å². The molecule has 0 radical (unpaired) electrons. The van der Waals surface area contributed by atoms with Gasteiger partial charge in [-0.25, -0.2) is 0 Å². The van der Waals surface area contributed by atoms with E-state index >= 15 is 0 Å². The smallest absolute Gasteiger partial charge is 0.0314 e. The molecular weight excluding hydrogens is 154 g/mol. The lowest BCUT2D eigenvalue weighted by Crippen LogP contribution is -2.15. The third-order valence-electron chi connectivity index (χ3n) is 2.00. The molecule has 11 heavy (non-hydrogen) atoms. The number of hydrogen-bond acceptors (Lipinski definition) is 2. The van der Waals surface area contributed by atoms with E-state index in [2.05, 4.69) is 24.3 Å². The molecule has 1 aliphatic rings. The molecule has 1 nitrogen and oxygen atoms in total. The zero-order valence-electron chi connectivity index (χ0n) is 6.29. The van der Waals surface area contributed by atoms with Crippen molar-refractivity contribution >= 4 is 11.8 Å². The van der Waals surface area contributed by atoms with Gasteiger partial charge < -0.3 is 5.73 Å². The van der Waals surface area contributed by atoms with E-state index in [4.69, 9.17) is 5.73 Å². The van der Waals surface area contributed by atoms with Gasteiger partial charge in [0.2, 0.25) is 0 Å². The third kappa shape index (κ3) is 1.28. The van der Waals surface area contributed by atoms with Crippen molar-refractivity contribution in [1.82, 2.24) is 0 Å². The highest BCUT2D eigenvalue weighted by atomic mass is 32.2. The van der Waals surface area contributed by atoms with Gasteiger partial charge in [0, 0.05) is 10.9 Å². The maximum atomic E-state index is 5.93. The molecule has 2 rings (SSSR count). The minimum atomic E-state index is 0.271. The lowest BCUT2D eigenvalue weighted by Gasteiger charge is -2.20. The summed E-state index contributed by atoms with van der Waals surface area (Å²) in [7, 11) is 0. The zero-order chi connectivity index (χ0) is 7.68. The molecule has 0 bridgehead atoms. The summed E-state index contributed by atoms with van der Waals surface area (Å²) in [5, 5.41) is 0. The number of benzene rings is 1. The summed E-state index contributed by atoms with van der Waals surface area (Å²) in [5.41, 5.74) is 7.26. The van der Waals surface area contributed by atoms with Crippen LogP contribution in [-0.4, -0.2) is 5.75 Å². The predicted octanol–water partition coefficient (Wildman–Crippen LogP) is 2.18. The molecule has 0 saturated heterocycles. The summed E-state index contributed by atoms with van der Waals surface area (Å²) in [6.07, 6.45) is 1.11. The maximum absolute atomic E-state index is 5.93. The van der Waals surface area contributed by atoms with Crippen LogP contribution in [-0.2, 0) is 0 Å². The predicted molar refractivity (Wildman–Crippen MR) is 48.7 cm³/mol. The lowest BCUT2D eigenvalue weighted by atomic mass is 10.1. The highest BCUT2D eigenvalue weighted by molar-refractivity contribution is 7.99. The summed E-state index contributed by atoms with van der Waals surface area (Å²) < 4.78 is 0. The molecule has 0 fully saturated rings. The van der Waals surface area contributed by atoms with Crippen LogP contribution in [0.25, 0.3) is 0 Å². The molecule has 0 amide bonds. The Hall–Kier alpha value is -0.470. The second-order valence-electron chi connectivity index (χ2n) is 2.78. The minimum Gasteiger partial charge on any atom is -0.324 e. The molecule has 0 aliphatic carbocycles. The van der Waals surface area contributed by atoms with Gasteiger partial charge in [-0.2, -0.15) is 0 Å². The number of nitrogens with two attached hydrogens (primary N) is 1. The highest BCUT2D eigenvalue weighted by Gasteiger charge is 2.15. The fraction of sp³-hybridized carbons (Fsp3) is 0.333. The average Bonchev–Trinajstić information content (AvgIpc) is 2.06.